The van der Waals surface area contributed by atoms with Crippen molar-refractivity contribution in [2.24, 2.45) is 0 Å². The molecule has 1 nitrogen and oxygen atoms in total. The number of aryl methyl sites for hydroxylation is 1. The van der Waals surface area contributed by atoms with Gasteiger partial charge in [0.05, 0.1) is 4.83 Å². The highest BCUT2D eigenvalue weighted by atomic mass is 79.9. The van der Waals surface area contributed by atoms with Gasteiger partial charge < -0.3 is 0 Å². The van der Waals surface area contributed by atoms with Crippen molar-refractivity contribution in [2.75, 3.05) is 0 Å². The predicted octanol–water partition coefficient (Wildman–Crippen LogP) is 2.51. The van der Waals surface area contributed by atoms with Gasteiger partial charge >= 0.3 is 0 Å². The van der Waals surface area contributed by atoms with E-state index in [2.05, 4.69) is 28.1 Å². The number of carbonyl (C=O) groups excluding carboxylic acids is 1. The van der Waals surface area contributed by atoms with Crippen LogP contribution in [0, 0.1) is 0 Å². The zero-order chi connectivity index (χ0) is 9.26. The van der Waals surface area contributed by atoms with Gasteiger partial charge in [0.1, 0.15) is 0 Å². The standard InChI is InChI=1S/C11H11BrO/c12-10-6-5-8-3-1-2-4-9(8)7-11(10)13/h1-4,10H,5-7H2. The first-order chi connectivity index (χ1) is 6.27. The second-order valence-electron chi connectivity index (χ2n) is 3.42. The quantitative estimate of drug-likeness (QED) is 0.502. The van der Waals surface area contributed by atoms with Gasteiger partial charge in [0, 0.05) is 6.42 Å². The van der Waals surface area contributed by atoms with Crippen molar-refractivity contribution in [1.29, 1.82) is 0 Å². The Morgan fingerprint density at radius 2 is 1.92 bits per heavy atom. The molecule has 1 atom stereocenters. The van der Waals surface area contributed by atoms with Crippen LogP contribution in [0.3, 0.4) is 0 Å². The molecule has 0 saturated heterocycles. The molecule has 0 spiro atoms. The number of alkyl halides is 1. The van der Waals surface area contributed by atoms with E-state index in [-0.39, 0.29) is 4.83 Å². The molecule has 0 N–H and O–H groups in total. The summed E-state index contributed by atoms with van der Waals surface area (Å²) in [5.74, 6) is 0.310. The molecule has 0 aromatic heterocycles. The fourth-order valence-electron chi connectivity index (χ4n) is 1.72. The van der Waals surface area contributed by atoms with Gasteiger partial charge in [0.15, 0.2) is 5.78 Å². The zero-order valence-electron chi connectivity index (χ0n) is 7.29. The van der Waals surface area contributed by atoms with Crippen molar-refractivity contribution >= 4 is 21.7 Å². The maximum atomic E-state index is 11.5. The van der Waals surface area contributed by atoms with Gasteiger partial charge in [-0.25, -0.2) is 0 Å². The van der Waals surface area contributed by atoms with Crippen LogP contribution in [0.2, 0.25) is 0 Å². The Hall–Kier alpha value is -0.630. The van der Waals surface area contributed by atoms with Crippen molar-refractivity contribution in [3.05, 3.63) is 35.4 Å². The first-order valence-corrected chi connectivity index (χ1v) is 5.42. The third kappa shape index (κ3) is 1.83. The van der Waals surface area contributed by atoms with E-state index in [1.807, 2.05) is 12.1 Å². The molecule has 0 radical (unpaired) electrons. The van der Waals surface area contributed by atoms with Crippen molar-refractivity contribution in [3.8, 4) is 0 Å². The summed E-state index contributed by atoms with van der Waals surface area (Å²) < 4.78 is 0. The van der Waals surface area contributed by atoms with E-state index in [1.54, 1.807) is 0 Å². The minimum atomic E-state index is 0.0555. The molecule has 0 fully saturated rings. The monoisotopic (exact) mass is 238 g/mol. The lowest BCUT2D eigenvalue weighted by molar-refractivity contribution is -0.117. The van der Waals surface area contributed by atoms with E-state index in [9.17, 15) is 4.79 Å². The lowest BCUT2D eigenvalue weighted by atomic mass is 10.0. The van der Waals surface area contributed by atoms with Gasteiger partial charge in [0.2, 0.25) is 0 Å². The van der Waals surface area contributed by atoms with Crippen LogP contribution in [0.4, 0.5) is 0 Å². The Balaban J connectivity index is 2.35. The van der Waals surface area contributed by atoms with Crippen LogP contribution in [0.15, 0.2) is 24.3 Å². The fraction of sp³-hybridized carbons (Fsp3) is 0.364. The van der Waals surface area contributed by atoms with Gasteiger partial charge in [-0.1, -0.05) is 40.2 Å². The van der Waals surface area contributed by atoms with Crippen molar-refractivity contribution in [3.63, 3.8) is 0 Å². The van der Waals surface area contributed by atoms with Crippen molar-refractivity contribution < 1.29 is 4.79 Å². The number of carbonyl (C=O) groups is 1. The van der Waals surface area contributed by atoms with E-state index in [0.29, 0.717) is 12.2 Å². The highest BCUT2D eigenvalue weighted by Crippen LogP contribution is 2.22. The Labute approximate surface area is 86.3 Å². The molecule has 13 heavy (non-hydrogen) atoms. The molecule has 0 amide bonds. The number of hydrogen-bond donors (Lipinski definition) is 0. The lowest BCUT2D eigenvalue weighted by Gasteiger charge is -2.01. The summed E-state index contributed by atoms with van der Waals surface area (Å²) in [5, 5.41) is 0. The average molecular weight is 239 g/mol. The molecule has 1 aromatic carbocycles. The molecule has 0 aliphatic heterocycles. The molecule has 0 heterocycles. The van der Waals surface area contributed by atoms with Gasteiger partial charge in [-0.05, 0) is 24.0 Å². The molecular weight excluding hydrogens is 228 g/mol. The highest BCUT2D eigenvalue weighted by molar-refractivity contribution is 9.10. The van der Waals surface area contributed by atoms with Crippen LogP contribution in [-0.2, 0) is 17.6 Å². The third-order valence-electron chi connectivity index (χ3n) is 2.50. The number of Topliss-reactive ketones (excluding diaryl/α,β-unsaturated/α-hetero) is 1. The van der Waals surface area contributed by atoms with Crippen LogP contribution in [0.25, 0.3) is 0 Å². The first-order valence-electron chi connectivity index (χ1n) is 4.51. The predicted molar refractivity (Wildman–Crippen MR) is 56.2 cm³/mol. The van der Waals surface area contributed by atoms with Crippen molar-refractivity contribution in [2.45, 2.75) is 24.1 Å². The summed E-state index contributed by atoms with van der Waals surface area (Å²) in [4.78, 5) is 11.6. The summed E-state index contributed by atoms with van der Waals surface area (Å²) in [6.45, 7) is 0. The Kier molecular flexibility index (Phi) is 2.49. The maximum Gasteiger partial charge on any atom is 0.150 e. The molecule has 1 aliphatic rings. The van der Waals surface area contributed by atoms with Gasteiger partial charge in [0.25, 0.3) is 0 Å². The summed E-state index contributed by atoms with van der Waals surface area (Å²) in [6.07, 6.45) is 2.53. The van der Waals surface area contributed by atoms with E-state index >= 15 is 0 Å². The topological polar surface area (TPSA) is 17.1 Å². The lowest BCUT2D eigenvalue weighted by Crippen LogP contribution is -2.13. The van der Waals surface area contributed by atoms with Crippen LogP contribution in [0.5, 0.6) is 0 Å². The molecule has 68 valence electrons. The summed E-state index contributed by atoms with van der Waals surface area (Å²) >= 11 is 3.41. The highest BCUT2D eigenvalue weighted by Gasteiger charge is 2.20. The fourth-order valence-corrected chi connectivity index (χ4v) is 2.11. The zero-order valence-corrected chi connectivity index (χ0v) is 8.88. The molecule has 1 aromatic rings. The molecule has 1 unspecified atom stereocenters. The van der Waals surface area contributed by atoms with E-state index in [0.717, 1.165) is 12.8 Å². The van der Waals surface area contributed by atoms with E-state index in [4.69, 9.17) is 0 Å². The first kappa shape index (κ1) is 8.95. The summed E-state index contributed by atoms with van der Waals surface area (Å²) in [6, 6.07) is 8.21. The normalized spacial score (nSPS) is 22.2. The smallest absolute Gasteiger partial charge is 0.150 e. The number of ketones is 1. The molecule has 0 saturated carbocycles. The Morgan fingerprint density at radius 3 is 2.69 bits per heavy atom. The Morgan fingerprint density at radius 1 is 1.23 bits per heavy atom. The minimum Gasteiger partial charge on any atom is -0.298 e. The third-order valence-corrected chi connectivity index (χ3v) is 3.47. The molecule has 1 aliphatic carbocycles. The van der Waals surface area contributed by atoms with Gasteiger partial charge in [-0.3, -0.25) is 4.79 Å². The molecule has 2 rings (SSSR count). The molecule has 0 bridgehead atoms. The minimum absolute atomic E-state index is 0.0555. The number of fused-ring (bicyclic) bond motifs is 1. The van der Waals surface area contributed by atoms with E-state index < -0.39 is 0 Å². The average Bonchev–Trinajstić information content (AvgIpc) is 2.28. The van der Waals surface area contributed by atoms with Crippen molar-refractivity contribution in [1.82, 2.24) is 0 Å². The van der Waals surface area contributed by atoms with Gasteiger partial charge in [-0.2, -0.15) is 0 Å². The molecular formula is C11H11BrO. The SMILES string of the molecule is O=C1Cc2ccccc2CCC1Br. The summed E-state index contributed by atoms with van der Waals surface area (Å²) in [7, 11) is 0. The molecule has 2 heteroatoms. The van der Waals surface area contributed by atoms with Gasteiger partial charge in [-0.15, -0.1) is 0 Å². The number of rotatable bonds is 0. The van der Waals surface area contributed by atoms with Crippen LogP contribution >= 0.6 is 15.9 Å². The maximum absolute atomic E-state index is 11.5. The Bertz CT molecular complexity index is 333. The largest absolute Gasteiger partial charge is 0.298 e. The number of benzene rings is 1. The summed E-state index contributed by atoms with van der Waals surface area (Å²) in [5.41, 5.74) is 2.53. The number of hydrogen-bond acceptors (Lipinski definition) is 1. The van der Waals surface area contributed by atoms with Crippen LogP contribution in [0.1, 0.15) is 17.5 Å². The second kappa shape index (κ2) is 3.62. The second-order valence-corrected chi connectivity index (χ2v) is 4.52. The number of halogens is 1. The van der Waals surface area contributed by atoms with Crippen LogP contribution in [-0.4, -0.2) is 10.6 Å². The van der Waals surface area contributed by atoms with Crippen LogP contribution < -0.4 is 0 Å². The van der Waals surface area contributed by atoms with E-state index in [1.165, 1.54) is 11.1 Å².